The molecule has 3 aromatic rings. The van der Waals surface area contributed by atoms with Crippen LogP contribution in [0.25, 0.3) is 21.6 Å². The fourth-order valence-electron chi connectivity index (χ4n) is 4.98. The zero-order valence-corrected chi connectivity index (χ0v) is 24.5. The Morgan fingerprint density at radius 1 is 1.32 bits per heavy atom. The van der Waals surface area contributed by atoms with Crippen LogP contribution < -0.4 is 20.1 Å². The molecule has 5 rings (SSSR count). The second kappa shape index (κ2) is 11.3. The van der Waals surface area contributed by atoms with E-state index >= 15 is 0 Å². The van der Waals surface area contributed by atoms with Gasteiger partial charge in [-0.15, -0.1) is 17.9 Å². The summed E-state index contributed by atoms with van der Waals surface area (Å²) < 4.78 is 17.1. The van der Waals surface area contributed by atoms with Crippen molar-refractivity contribution in [3.63, 3.8) is 0 Å². The molecule has 2 aliphatic rings. The first-order chi connectivity index (χ1) is 19.2. The highest BCUT2D eigenvalue weighted by Gasteiger charge is 2.61. The quantitative estimate of drug-likeness (QED) is 0.256. The number of esters is 1. The molecule has 212 valence electrons. The summed E-state index contributed by atoms with van der Waals surface area (Å²) in [6.45, 7) is 10.4. The molecule has 40 heavy (non-hydrogen) atoms. The molecule has 2 fully saturated rings. The normalized spacial score (nSPS) is 23.7. The number of fused-ring (bicyclic) bond motifs is 1. The first-order valence-corrected chi connectivity index (χ1v) is 14.6. The number of rotatable bonds is 10. The van der Waals surface area contributed by atoms with E-state index in [4.69, 9.17) is 35.8 Å². The summed E-state index contributed by atoms with van der Waals surface area (Å²) >= 11 is 8.20. The molecule has 1 aliphatic carbocycles. The molecule has 1 aliphatic heterocycles. The van der Waals surface area contributed by atoms with Gasteiger partial charge in [0.15, 0.2) is 0 Å². The largest absolute Gasteiger partial charge is 0.495 e. The number of nitrogens with zero attached hydrogens (tertiary/aromatic N) is 2. The maximum Gasteiger partial charge on any atom is 0.332 e. The SMILES string of the molecule is C=C[C@@H]1C[C@]1(NC(=O)C1C[C@@H](Oc2cc(-c3nc(C(C)C)cs3)nc3c(Cl)c(OC)ccc23)CN1)C(=O)OCC. The van der Waals surface area contributed by atoms with Crippen LogP contribution in [0.1, 0.15) is 45.2 Å². The maximum atomic E-state index is 13.2. The van der Waals surface area contributed by atoms with Crippen molar-refractivity contribution < 1.29 is 23.8 Å². The molecule has 1 amide bonds. The predicted molar refractivity (Wildman–Crippen MR) is 155 cm³/mol. The Morgan fingerprint density at radius 3 is 2.77 bits per heavy atom. The fraction of sp³-hybridized carbons (Fsp3) is 0.448. The van der Waals surface area contributed by atoms with E-state index in [2.05, 4.69) is 31.1 Å². The number of thiazole rings is 1. The minimum Gasteiger partial charge on any atom is -0.495 e. The molecular formula is C29H33ClN4O5S. The summed E-state index contributed by atoms with van der Waals surface area (Å²) in [4.78, 5) is 35.3. The predicted octanol–water partition coefficient (Wildman–Crippen LogP) is 4.88. The Labute approximate surface area is 242 Å². The number of amides is 1. The summed E-state index contributed by atoms with van der Waals surface area (Å²) in [6, 6.07) is 5.00. The average Bonchev–Trinajstić information content (AvgIpc) is 3.25. The molecule has 1 aromatic carbocycles. The van der Waals surface area contributed by atoms with Crippen molar-refractivity contribution in [2.24, 2.45) is 5.92 Å². The van der Waals surface area contributed by atoms with Crippen LogP contribution in [0.5, 0.6) is 11.5 Å². The van der Waals surface area contributed by atoms with Crippen LogP contribution in [0, 0.1) is 5.92 Å². The zero-order chi connectivity index (χ0) is 28.6. The molecule has 1 saturated carbocycles. The van der Waals surface area contributed by atoms with Gasteiger partial charge in [-0.1, -0.05) is 31.5 Å². The number of nitrogens with one attached hydrogen (secondary N) is 2. The molecule has 11 heteroatoms. The van der Waals surface area contributed by atoms with Crippen molar-refractivity contribution in [2.45, 2.75) is 57.2 Å². The van der Waals surface area contributed by atoms with Crippen LogP contribution in [-0.2, 0) is 14.3 Å². The molecule has 3 heterocycles. The smallest absolute Gasteiger partial charge is 0.332 e. The van der Waals surface area contributed by atoms with Gasteiger partial charge in [0, 0.05) is 35.7 Å². The molecule has 1 saturated heterocycles. The van der Waals surface area contributed by atoms with Gasteiger partial charge < -0.3 is 24.8 Å². The third-order valence-corrected chi connectivity index (χ3v) is 8.63. The average molecular weight is 585 g/mol. The fourth-order valence-corrected chi connectivity index (χ4v) is 6.21. The van der Waals surface area contributed by atoms with Crippen LogP contribution >= 0.6 is 22.9 Å². The lowest BCUT2D eigenvalue weighted by Gasteiger charge is -2.20. The van der Waals surface area contributed by atoms with E-state index in [1.165, 1.54) is 11.3 Å². The highest BCUT2D eigenvalue weighted by molar-refractivity contribution is 7.13. The first kappa shape index (κ1) is 28.3. The number of hydrogen-bond acceptors (Lipinski definition) is 9. The third-order valence-electron chi connectivity index (χ3n) is 7.38. The number of hydrogen-bond donors (Lipinski definition) is 2. The molecule has 0 bridgehead atoms. The van der Waals surface area contributed by atoms with Gasteiger partial charge in [0.05, 0.1) is 31.0 Å². The summed E-state index contributed by atoms with van der Waals surface area (Å²) in [6.07, 6.45) is 2.29. The van der Waals surface area contributed by atoms with E-state index < -0.39 is 17.6 Å². The van der Waals surface area contributed by atoms with Crippen LogP contribution in [0.3, 0.4) is 0 Å². The van der Waals surface area contributed by atoms with Gasteiger partial charge in [-0.25, -0.2) is 14.8 Å². The van der Waals surface area contributed by atoms with E-state index in [0.29, 0.717) is 47.1 Å². The van der Waals surface area contributed by atoms with Crippen LogP contribution in [0.2, 0.25) is 5.02 Å². The number of aromatic nitrogens is 2. The monoisotopic (exact) mass is 584 g/mol. The number of methoxy groups -OCH3 is 1. The molecule has 2 aromatic heterocycles. The van der Waals surface area contributed by atoms with E-state index in [1.807, 2.05) is 17.5 Å². The summed E-state index contributed by atoms with van der Waals surface area (Å²) in [5.74, 6) is 0.563. The Morgan fingerprint density at radius 2 is 2.12 bits per heavy atom. The van der Waals surface area contributed by atoms with Crippen molar-refractivity contribution in [1.82, 2.24) is 20.6 Å². The van der Waals surface area contributed by atoms with Crippen molar-refractivity contribution >= 4 is 45.7 Å². The van der Waals surface area contributed by atoms with Gasteiger partial charge in [0.1, 0.15) is 38.9 Å². The Hall–Kier alpha value is -3.21. The number of benzene rings is 1. The lowest BCUT2D eigenvalue weighted by molar-refractivity contribution is -0.149. The van der Waals surface area contributed by atoms with Crippen molar-refractivity contribution in [3.05, 3.63) is 47.0 Å². The van der Waals surface area contributed by atoms with Crippen molar-refractivity contribution in [3.8, 4) is 22.2 Å². The minimum absolute atomic E-state index is 0.144. The Balaban J connectivity index is 1.38. The number of carbonyl (C=O) groups is 2. The number of pyridine rings is 1. The molecule has 0 radical (unpaired) electrons. The second-order valence-electron chi connectivity index (χ2n) is 10.4. The number of ether oxygens (including phenoxy) is 3. The van der Waals surface area contributed by atoms with Gasteiger partial charge >= 0.3 is 5.97 Å². The van der Waals surface area contributed by atoms with Crippen molar-refractivity contribution in [2.75, 3.05) is 20.3 Å². The molecule has 0 spiro atoms. The topological polar surface area (TPSA) is 112 Å². The molecule has 4 atom stereocenters. The summed E-state index contributed by atoms with van der Waals surface area (Å²) in [5, 5.41) is 10.1. The molecule has 2 N–H and O–H groups in total. The minimum atomic E-state index is -1.04. The standard InChI is InChI=1S/C29H33ClN4O5S/c1-6-16-12-29(16,28(36)38-7-2)34-26(35)19-10-17(13-31-19)39-23-11-20(27-33-21(14-40-27)15(3)4)32-25-18(23)8-9-22(37-5)24(25)30/h6,8-9,11,14-17,19,31H,1,7,10,12-13H2,2-5H3,(H,34,35)/t16-,17-,19?,29-/m1/s1. The van der Waals surface area contributed by atoms with Gasteiger partial charge in [0.25, 0.3) is 0 Å². The van der Waals surface area contributed by atoms with E-state index in [-0.39, 0.29) is 30.5 Å². The van der Waals surface area contributed by atoms with Gasteiger partial charge in [-0.05, 0) is 31.4 Å². The second-order valence-corrected chi connectivity index (χ2v) is 11.6. The highest BCUT2D eigenvalue weighted by atomic mass is 35.5. The maximum absolute atomic E-state index is 13.2. The third kappa shape index (κ3) is 5.27. The van der Waals surface area contributed by atoms with E-state index in [0.717, 1.165) is 16.1 Å². The van der Waals surface area contributed by atoms with Crippen LogP contribution in [0.15, 0.2) is 36.2 Å². The van der Waals surface area contributed by atoms with Gasteiger partial charge in [-0.3, -0.25) is 4.79 Å². The zero-order valence-electron chi connectivity index (χ0n) is 23.0. The van der Waals surface area contributed by atoms with Crippen molar-refractivity contribution in [1.29, 1.82) is 0 Å². The number of halogens is 1. The summed E-state index contributed by atoms with van der Waals surface area (Å²) in [5.41, 5.74) is 1.15. The Kier molecular flexibility index (Phi) is 8.03. The first-order valence-electron chi connectivity index (χ1n) is 13.4. The lowest BCUT2D eigenvalue weighted by atomic mass is 10.1. The van der Waals surface area contributed by atoms with Gasteiger partial charge in [0.2, 0.25) is 5.91 Å². The van der Waals surface area contributed by atoms with E-state index in [9.17, 15) is 9.59 Å². The lowest BCUT2D eigenvalue weighted by Crippen LogP contribution is -2.51. The highest BCUT2D eigenvalue weighted by Crippen LogP contribution is 2.45. The number of carbonyl (C=O) groups excluding carboxylic acids is 2. The summed E-state index contributed by atoms with van der Waals surface area (Å²) in [7, 11) is 1.56. The Bertz CT molecular complexity index is 1460. The van der Waals surface area contributed by atoms with Crippen LogP contribution in [-0.4, -0.2) is 59.8 Å². The van der Waals surface area contributed by atoms with Crippen LogP contribution in [0.4, 0.5) is 0 Å². The van der Waals surface area contributed by atoms with E-state index in [1.54, 1.807) is 26.2 Å². The molecular weight excluding hydrogens is 552 g/mol. The molecule has 9 nitrogen and oxygen atoms in total. The van der Waals surface area contributed by atoms with Gasteiger partial charge in [-0.2, -0.15) is 0 Å². The molecule has 1 unspecified atom stereocenters.